The van der Waals surface area contributed by atoms with Gasteiger partial charge in [0.25, 0.3) is 0 Å². The molecule has 0 atom stereocenters. The molecule has 0 spiro atoms. The van der Waals surface area contributed by atoms with Gasteiger partial charge in [-0.1, -0.05) is 32.0 Å². The molecule has 0 amide bonds. The molecular formula is C16H24N2. The lowest BCUT2D eigenvalue weighted by Gasteiger charge is -2.16. The fraction of sp³-hybridized carbons (Fsp3) is 0.562. The Balaban J connectivity index is 2.61. The van der Waals surface area contributed by atoms with E-state index in [9.17, 15) is 0 Å². The van der Waals surface area contributed by atoms with Gasteiger partial charge in [-0.2, -0.15) is 5.26 Å². The molecule has 1 aromatic rings. The third-order valence-corrected chi connectivity index (χ3v) is 3.41. The van der Waals surface area contributed by atoms with Crippen molar-refractivity contribution in [3.8, 4) is 6.07 Å². The molecule has 0 saturated heterocycles. The van der Waals surface area contributed by atoms with Crippen LogP contribution in [0.2, 0.25) is 0 Å². The minimum Gasteiger partial charge on any atom is -0.305 e. The zero-order valence-corrected chi connectivity index (χ0v) is 12.0. The van der Waals surface area contributed by atoms with Gasteiger partial charge in [0.05, 0.1) is 6.07 Å². The lowest BCUT2D eigenvalue weighted by Crippen LogP contribution is -2.22. The number of rotatable bonds is 6. The number of nitriles is 1. The maximum Gasteiger partial charge on any atom is 0.0635 e. The van der Waals surface area contributed by atoms with E-state index in [1.807, 2.05) is 0 Å². The van der Waals surface area contributed by atoms with E-state index in [1.165, 1.54) is 16.7 Å². The summed E-state index contributed by atoms with van der Waals surface area (Å²) in [4.78, 5) is 2.23. The van der Waals surface area contributed by atoms with Crippen LogP contribution in [-0.2, 0) is 6.42 Å². The smallest absolute Gasteiger partial charge is 0.0635 e. The Hall–Kier alpha value is -1.33. The van der Waals surface area contributed by atoms with Crippen LogP contribution in [-0.4, -0.2) is 25.0 Å². The third kappa shape index (κ3) is 4.50. The van der Waals surface area contributed by atoms with Crippen molar-refractivity contribution in [2.24, 2.45) is 0 Å². The second-order valence-electron chi connectivity index (χ2n) is 5.30. The third-order valence-electron chi connectivity index (χ3n) is 3.41. The summed E-state index contributed by atoms with van der Waals surface area (Å²) in [6.45, 7) is 8.51. The molecule has 0 aliphatic heterocycles. The van der Waals surface area contributed by atoms with Gasteiger partial charge in [0.2, 0.25) is 0 Å². The summed E-state index contributed by atoms with van der Waals surface area (Å²) in [6.07, 6.45) is 1.68. The fourth-order valence-electron chi connectivity index (χ4n) is 1.98. The average molecular weight is 244 g/mol. The standard InChI is InChI=1S/C16H24N2/c1-13(2)15-7-6-14(3)16(12-15)8-11-18(4)10-5-9-17/h6-7,12-13H,5,8,10-11H2,1-4H3. The Bertz CT molecular complexity index is 416. The van der Waals surface area contributed by atoms with Crippen LogP contribution in [0, 0.1) is 18.3 Å². The summed E-state index contributed by atoms with van der Waals surface area (Å²) in [7, 11) is 2.08. The van der Waals surface area contributed by atoms with Crippen molar-refractivity contribution < 1.29 is 0 Å². The van der Waals surface area contributed by atoms with Gasteiger partial charge in [0, 0.05) is 19.5 Å². The summed E-state index contributed by atoms with van der Waals surface area (Å²) >= 11 is 0. The Morgan fingerprint density at radius 1 is 1.28 bits per heavy atom. The summed E-state index contributed by atoms with van der Waals surface area (Å²) in [5, 5.41) is 8.57. The van der Waals surface area contributed by atoms with Gasteiger partial charge in [-0.05, 0) is 43.0 Å². The molecule has 2 nitrogen and oxygen atoms in total. The fourth-order valence-corrected chi connectivity index (χ4v) is 1.98. The van der Waals surface area contributed by atoms with Crippen molar-refractivity contribution in [3.05, 3.63) is 34.9 Å². The van der Waals surface area contributed by atoms with E-state index in [0.29, 0.717) is 12.3 Å². The van der Waals surface area contributed by atoms with Crippen LogP contribution < -0.4 is 0 Å². The van der Waals surface area contributed by atoms with Crippen LogP contribution in [0.5, 0.6) is 0 Å². The van der Waals surface area contributed by atoms with Gasteiger partial charge < -0.3 is 4.90 Å². The van der Waals surface area contributed by atoms with Crippen LogP contribution in [0.25, 0.3) is 0 Å². The topological polar surface area (TPSA) is 27.0 Å². The largest absolute Gasteiger partial charge is 0.305 e. The highest BCUT2D eigenvalue weighted by Crippen LogP contribution is 2.19. The molecule has 0 aliphatic rings. The van der Waals surface area contributed by atoms with Crippen LogP contribution in [0.1, 0.15) is 42.9 Å². The zero-order chi connectivity index (χ0) is 13.5. The highest BCUT2D eigenvalue weighted by atomic mass is 15.1. The lowest BCUT2D eigenvalue weighted by molar-refractivity contribution is 0.346. The van der Waals surface area contributed by atoms with Crippen molar-refractivity contribution in [3.63, 3.8) is 0 Å². The summed E-state index contributed by atoms with van der Waals surface area (Å²) in [5.41, 5.74) is 4.22. The maximum absolute atomic E-state index is 8.57. The molecule has 0 saturated carbocycles. The van der Waals surface area contributed by atoms with E-state index in [0.717, 1.165) is 19.5 Å². The first-order valence-corrected chi connectivity index (χ1v) is 6.69. The zero-order valence-electron chi connectivity index (χ0n) is 12.0. The van der Waals surface area contributed by atoms with Crippen molar-refractivity contribution in [1.29, 1.82) is 5.26 Å². The number of hydrogen-bond donors (Lipinski definition) is 0. The monoisotopic (exact) mass is 244 g/mol. The van der Waals surface area contributed by atoms with Crippen molar-refractivity contribution >= 4 is 0 Å². The number of aryl methyl sites for hydroxylation is 1. The van der Waals surface area contributed by atoms with Crippen LogP contribution in [0.3, 0.4) is 0 Å². The molecule has 0 aromatic heterocycles. The van der Waals surface area contributed by atoms with E-state index in [4.69, 9.17) is 5.26 Å². The normalized spacial score (nSPS) is 10.9. The van der Waals surface area contributed by atoms with Crippen molar-refractivity contribution in [1.82, 2.24) is 4.90 Å². The van der Waals surface area contributed by atoms with E-state index in [2.05, 4.69) is 57.0 Å². The highest BCUT2D eigenvalue weighted by molar-refractivity contribution is 5.32. The molecule has 18 heavy (non-hydrogen) atoms. The number of benzene rings is 1. The molecule has 2 heteroatoms. The molecule has 1 aromatic carbocycles. The van der Waals surface area contributed by atoms with E-state index >= 15 is 0 Å². The molecule has 98 valence electrons. The Morgan fingerprint density at radius 2 is 2.00 bits per heavy atom. The molecule has 0 heterocycles. The van der Waals surface area contributed by atoms with E-state index in [-0.39, 0.29) is 0 Å². The lowest BCUT2D eigenvalue weighted by atomic mass is 9.96. The first-order valence-electron chi connectivity index (χ1n) is 6.69. The maximum atomic E-state index is 8.57. The van der Waals surface area contributed by atoms with Crippen molar-refractivity contribution in [2.75, 3.05) is 20.1 Å². The van der Waals surface area contributed by atoms with Gasteiger partial charge >= 0.3 is 0 Å². The Kier molecular flexibility index (Phi) is 5.88. The quantitative estimate of drug-likeness (QED) is 0.765. The van der Waals surface area contributed by atoms with Gasteiger partial charge in [-0.25, -0.2) is 0 Å². The number of hydrogen-bond acceptors (Lipinski definition) is 2. The van der Waals surface area contributed by atoms with E-state index in [1.54, 1.807) is 0 Å². The minimum absolute atomic E-state index is 0.584. The molecule has 0 aliphatic carbocycles. The molecule has 0 bridgehead atoms. The summed E-state index contributed by atoms with van der Waals surface area (Å²) in [5.74, 6) is 0.584. The highest BCUT2D eigenvalue weighted by Gasteiger charge is 2.05. The van der Waals surface area contributed by atoms with Gasteiger partial charge in [0.15, 0.2) is 0 Å². The van der Waals surface area contributed by atoms with Gasteiger partial charge in [-0.15, -0.1) is 0 Å². The Labute approximate surface area is 111 Å². The summed E-state index contributed by atoms with van der Waals surface area (Å²) < 4.78 is 0. The SMILES string of the molecule is Cc1ccc(C(C)C)cc1CCN(C)CCC#N. The van der Waals surface area contributed by atoms with Crippen LogP contribution in [0.4, 0.5) is 0 Å². The van der Waals surface area contributed by atoms with Crippen molar-refractivity contribution in [2.45, 2.75) is 39.5 Å². The number of likely N-dealkylation sites (N-methyl/N-ethyl adjacent to an activating group) is 1. The predicted octanol–water partition coefficient (Wildman–Crippen LogP) is 3.51. The van der Waals surface area contributed by atoms with Gasteiger partial charge in [-0.3, -0.25) is 0 Å². The first kappa shape index (κ1) is 14.7. The summed E-state index contributed by atoms with van der Waals surface area (Å²) in [6, 6.07) is 8.97. The van der Waals surface area contributed by atoms with Crippen LogP contribution >= 0.6 is 0 Å². The predicted molar refractivity (Wildman–Crippen MR) is 76.7 cm³/mol. The molecule has 0 radical (unpaired) electrons. The average Bonchev–Trinajstić information content (AvgIpc) is 2.35. The molecule has 0 N–H and O–H groups in total. The second-order valence-corrected chi connectivity index (χ2v) is 5.30. The van der Waals surface area contributed by atoms with Gasteiger partial charge in [0.1, 0.15) is 0 Å². The molecular weight excluding hydrogens is 220 g/mol. The van der Waals surface area contributed by atoms with E-state index < -0.39 is 0 Å². The molecule has 1 rings (SSSR count). The molecule has 0 fully saturated rings. The minimum atomic E-state index is 0.584. The van der Waals surface area contributed by atoms with Crippen LogP contribution in [0.15, 0.2) is 18.2 Å². The molecule has 0 unspecified atom stereocenters. The number of nitrogens with zero attached hydrogens (tertiary/aromatic N) is 2. The Morgan fingerprint density at radius 3 is 2.61 bits per heavy atom. The first-order chi connectivity index (χ1) is 8.54. The second kappa shape index (κ2) is 7.18.